The summed E-state index contributed by atoms with van der Waals surface area (Å²) in [5, 5.41) is 12.3. The Balaban J connectivity index is 1.64. The molecule has 0 aliphatic rings. The van der Waals surface area contributed by atoms with Crippen molar-refractivity contribution in [1.29, 1.82) is 0 Å². The molecule has 0 radical (unpaired) electrons. The molecule has 0 saturated carbocycles. The first-order valence-corrected chi connectivity index (χ1v) is 11.5. The van der Waals surface area contributed by atoms with Gasteiger partial charge in [-0.15, -0.1) is 28.1 Å². The molecule has 0 fully saturated rings. The number of benzene rings is 1. The third kappa shape index (κ3) is 5.98. The maximum Gasteiger partial charge on any atom is 0.340 e. The number of nitrogens with one attached hydrogen (secondary N) is 1. The van der Waals surface area contributed by atoms with Crippen LogP contribution in [0.2, 0.25) is 0 Å². The van der Waals surface area contributed by atoms with E-state index in [1.54, 1.807) is 12.1 Å². The van der Waals surface area contributed by atoms with E-state index in [1.165, 1.54) is 30.2 Å². The second-order valence-corrected chi connectivity index (χ2v) is 9.03. The molecule has 0 unspecified atom stereocenters. The van der Waals surface area contributed by atoms with Crippen molar-refractivity contribution in [1.82, 2.24) is 14.8 Å². The molecular weight excluding hydrogens is 448 g/mol. The van der Waals surface area contributed by atoms with Crippen LogP contribution in [0.5, 0.6) is 5.75 Å². The van der Waals surface area contributed by atoms with Gasteiger partial charge in [0.05, 0.1) is 18.4 Å². The second kappa shape index (κ2) is 11.0. The number of thioether (sulfide) groups is 1. The number of aromatic nitrogens is 3. The molecule has 2 heterocycles. The molecule has 3 rings (SSSR count). The van der Waals surface area contributed by atoms with E-state index in [2.05, 4.69) is 22.1 Å². The van der Waals surface area contributed by atoms with Gasteiger partial charge in [0.25, 0.3) is 0 Å². The van der Waals surface area contributed by atoms with E-state index in [0.29, 0.717) is 28.1 Å². The largest absolute Gasteiger partial charge is 0.486 e. The zero-order chi connectivity index (χ0) is 23.1. The topological polar surface area (TPSA) is 95.3 Å². The number of carbonyl (C=O) groups excluding carboxylic acids is 2. The number of aryl methyl sites for hydroxylation is 2. The molecular formula is C22H24N4O4S2. The Morgan fingerprint density at radius 1 is 1.28 bits per heavy atom. The van der Waals surface area contributed by atoms with Crippen molar-refractivity contribution >= 4 is 40.0 Å². The summed E-state index contributed by atoms with van der Waals surface area (Å²) < 4.78 is 12.5. The number of carbonyl (C=O) groups is 2. The van der Waals surface area contributed by atoms with Gasteiger partial charge in [0, 0.05) is 11.4 Å². The average Bonchev–Trinajstić information content (AvgIpc) is 3.33. The molecule has 0 spiro atoms. The maximum absolute atomic E-state index is 12.5. The minimum absolute atomic E-state index is 0.103. The standard InChI is InChI=1S/C22H24N4O4S2/c1-5-9-26-18(12-30-16-8-6-7-14(2)10-16)24-25-22(26)31-13-19(27)23-20-17(21(28)29-4)11-15(3)32-20/h5-8,10-11H,1,9,12-13H2,2-4H3,(H,23,27). The molecule has 1 N–H and O–H groups in total. The lowest BCUT2D eigenvalue weighted by Crippen LogP contribution is -2.16. The van der Waals surface area contributed by atoms with E-state index < -0.39 is 5.97 Å². The first-order chi connectivity index (χ1) is 15.4. The van der Waals surface area contributed by atoms with Gasteiger partial charge in [-0.25, -0.2) is 4.79 Å². The fourth-order valence-electron chi connectivity index (χ4n) is 2.86. The maximum atomic E-state index is 12.5. The van der Waals surface area contributed by atoms with Crippen molar-refractivity contribution in [2.24, 2.45) is 0 Å². The summed E-state index contributed by atoms with van der Waals surface area (Å²) in [6.07, 6.45) is 1.74. The van der Waals surface area contributed by atoms with Crippen LogP contribution in [0.1, 0.15) is 26.6 Å². The molecule has 1 aromatic carbocycles. The number of rotatable bonds is 10. The summed E-state index contributed by atoms with van der Waals surface area (Å²) in [6, 6.07) is 9.46. The fraction of sp³-hybridized carbons (Fsp3) is 0.273. The van der Waals surface area contributed by atoms with Crippen molar-refractivity contribution in [3.8, 4) is 5.75 Å². The van der Waals surface area contributed by atoms with Crippen LogP contribution in [0.4, 0.5) is 5.00 Å². The third-order valence-corrected chi connectivity index (χ3v) is 6.24. The van der Waals surface area contributed by atoms with Crippen molar-refractivity contribution < 1.29 is 19.1 Å². The third-order valence-electron chi connectivity index (χ3n) is 4.31. The van der Waals surface area contributed by atoms with Gasteiger partial charge < -0.3 is 14.8 Å². The van der Waals surface area contributed by atoms with Crippen LogP contribution in [-0.2, 0) is 22.7 Å². The van der Waals surface area contributed by atoms with Crippen LogP contribution >= 0.6 is 23.1 Å². The highest BCUT2D eigenvalue weighted by molar-refractivity contribution is 7.99. The Labute approximate surface area is 194 Å². The highest BCUT2D eigenvalue weighted by Crippen LogP contribution is 2.28. The second-order valence-electron chi connectivity index (χ2n) is 6.83. The number of thiophene rings is 1. The minimum atomic E-state index is -0.485. The number of nitrogens with zero attached hydrogens (tertiary/aromatic N) is 3. The Morgan fingerprint density at radius 3 is 2.81 bits per heavy atom. The van der Waals surface area contributed by atoms with Gasteiger partial charge in [0.2, 0.25) is 5.91 Å². The van der Waals surface area contributed by atoms with Gasteiger partial charge in [-0.3, -0.25) is 9.36 Å². The smallest absolute Gasteiger partial charge is 0.340 e. The number of methoxy groups -OCH3 is 1. The van der Waals surface area contributed by atoms with Crippen LogP contribution in [0, 0.1) is 13.8 Å². The van der Waals surface area contributed by atoms with Gasteiger partial charge in [-0.05, 0) is 37.6 Å². The van der Waals surface area contributed by atoms with Crippen LogP contribution in [0.3, 0.4) is 0 Å². The van der Waals surface area contributed by atoms with Crippen molar-refractivity contribution in [2.45, 2.75) is 32.2 Å². The van der Waals surface area contributed by atoms with Gasteiger partial charge in [-0.1, -0.05) is 30.0 Å². The first-order valence-electron chi connectivity index (χ1n) is 9.75. The average molecular weight is 473 g/mol. The van der Waals surface area contributed by atoms with E-state index in [4.69, 9.17) is 9.47 Å². The molecule has 0 atom stereocenters. The zero-order valence-electron chi connectivity index (χ0n) is 18.1. The van der Waals surface area contributed by atoms with Crippen molar-refractivity contribution in [3.05, 3.63) is 64.8 Å². The zero-order valence-corrected chi connectivity index (χ0v) is 19.7. The number of ether oxygens (including phenoxy) is 2. The molecule has 0 aliphatic carbocycles. The summed E-state index contributed by atoms with van der Waals surface area (Å²) in [5.74, 6) is 0.746. The fourth-order valence-corrected chi connectivity index (χ4v) is 4.54. The number of allylic oxidation sites excluding steroid dienone is 1. The van der Waals surface area contributed by atoms with Crippen LogP contribution < -0.4 is 10.1 Å². The van der Waals surface area contributed by atoms with Crippen molar-refractivity contribution in [2.75, 3.05) is 18.2 Å². The van der Waals surface area contributed by atoms with E-state index in [0.717, 1.165) is 16.2 Å². The summed E-state index contributed by atoms with van der Waals surface area (Å²) >= 11 is 2.57. The number of esters is 1. The summed E-state index contributed by atoms with van der Waals surface area (Å²) in [4.78, 5) is 25.3. The molecule has 0 bridgehead atoms. The van der Waals surface area contributed by atoms with Crippen LogP contribution in [0.15, 0.2) is 48.1 Å². The lowest BCUT2D eigenvalue weighted by Gasteiger charge is -2.09. The first kappa shape index (κ1) is 23.6. The molecule has 2 aromatic heterocycles. The number of hydrogen-bond donors (Lipinski definition) is 1. The van der Waals surface area contributed by atoms with E-state index in [9.17, 15) is 9.59 Å². The summed E-state index contributed by atoms with van der Waals surface area (Å²) in [7, 11) is 1.31. The van der Waals surface area contributed by atoms with Crippen molar-refractivity contribution in [3.63, 3.8) is 0 Å². The molecule has 0 saturated heterocycles. The predicted molar refractivity (Wildman–Crippen MR) is 125 cm³/mol. The molecule has 1 amide bonds. The lowest BCUT2D eigenvalue weighted by atomic mass is 10.2. The minimum Gasteiger partial charge on any atom is -0.486 e. The molecule has 0 aliphatic heterocycles. The highest BCUT2D eigenvalue weighted by Gasteiger charge is 2.19. The van der Waals surface area contributed by atoms with E-state index in [1.807, 2.05) is 42.7 Å². The molecule has 32 heavy (non-hydrogen) atoms. The van der Waals surface area contributed by atoms with Crippen LogP contribution in [-0.4, -0.2) is 39.5 Å². The molecule has 10 heteroatoms. The number of amides is 1. The number of hydrogen-bond acceptors (Lipinski definition) is 8. The predicted octanol–water partition coefficient (Wildman–Crippen LogP) is 4.24. The monoisotopic (exact) mass is 472 g/mol. The summed E-state index contributed by atoms with van der Waals surface area (Å²) in [6.45, 7) is 8.38. The van der Waals surface area contributed by atoms with Gasteiger partial charge >= 0.3 is 5.97 Å². The van der Waals surface area contributed by atoms with Crippen LogP contribution in [0.25, 0.3) is 0 Å². The lowest BCUT2D eigenvalue weighted by molar-refractivity contribution is -0.113. The van der Waals surface area contributed by atoms with Gasteiger partial charge in [0.1, 0.15) is 17.4 Å². The SMILES string of the molecule is C=CCn1c(COc2cccc(C)c2)nnc1SCC(=O)Nc1sc(C)cc1C(=O)OC. The van der Waals surface area contributed by atoms with E-state index >= 15 is 0 Å². The highest BCUT2D eigenvalue weighted by atomic mass is 32.2. The molecule has 3 aromatic rings. The Hall–Kier alpha value is -3.11. The molecule has 8 nitrogen and oxygen atoms in total. The van der Waals surface area contributed by atoms with Gasteiger partial charge in [0.15, 0.2) is 11.0 Å². The normalized spacial score (nSPS) is 10.6. The molecule has 168 valence electrons. The Morgan fingerprint density at radius 2 is 2.09 bits per heavy atom. The van der Waals surface area contributed by atoms with Gasteiger partial charge in [-0.2, -0.15) is 0 Å². The van der Waals surface area contributed by atoms with E-state index in [-0.39, 0.29) is 18.3 Å². The quantitative estimate of drug-likeness (QED) is 0.268. The Kier molecular flexibility index (Phi) is 8.07. The Bertz CT molecular complexity index is 1120. The summed E-state index contributed by atoms with van der Waals surface area (Å²) in [5.41, 5.74) is 1.45. The number of anilines is 1.